The van der Waals surface area contributed by atoms with Gasteiger partial charge in [-0.2, -0.15) is 13.9 Å². The monoisotopic (exact) mass is 403 g/mol. The number of halogens is 2. The van der Waals surface area contributed by atoms with Crippen LogP contribution in [-0.4, -0.2) is 37.3 Å². The number of aryl methyl sites for hydroxylation is 1. The van der Waals surface area contributed by atoms with Gasteiger partial charge in [-0.25, -0.2) is 5.43 Å². The predicted molar refractivity (Wildman–Crippen MR) is 102 cm³/mol. The highest BCUT2D eigenvalue weighted by Crippen LogP contribution is 2.31. The number of anilines is 1. The molecule has 0 aliphatic carbocycles. The smallest absolute Gasteiger partial charge is 0.387 e. The Bertz CT molecular complexity index is 962. The molecule has 0 atom stereocenters. The van der Waals surface area contributed by atoms with E-state index in [9.17, 15) is 18.4 Å². The van der Waals surface area contributed by atoms with Crippen LogP contribution in [0.3, 0.4) is 0 Å². The van der Waals surface area contributed by atoms with Crippen molar-refractivity contribution in [1.82, 2.24) is 5.43 Å². The van der Waals surface area contributed by atoms with Crippen LogP contribution >= 0.6 is 0 Å². The third-order valence-corrected chi connectivity index (χ3v) is 4.20. The lowest BCUT2D eigenvalue weighted by Gasteiger charge is -2.28. The van der Waals surface area contributed by atoms with Gasteiger partial charge in [-0.05, 0) is 38.1 Å². The van der Waals surface area contributed by atoms with Gasteiger partial charge in [-0.15, -0.1) is 0 Å². The number of nitrogens with one attached hydrogen (secondary N) is 1. The maximum Gasteiger partial charge on any atom is 0.387 e. The molecule has 0 radical (unpaired) electrons. The van der Waals surface area contributed by atoms with Crippen LogP contribution in [0.4, 0.5) is 14.5 Å². The molecule has 1 heterocycles. The normalized spacial score (nSPS) is 13.8. The average molecular weight is 403 g/mol. The zero-order chi connectivity index (χ0) is 21.0. The maximum absolute atomic E-state index is 12.6. The second kappa shape index (κ2) is 8.68. The number of nitrogens with zero attached hydrogens (tertiary/aromatic N) is 2. The number of hydrogen-bond donors (Lipinski definition) is 1. The first-order valence-electron chi connectivity index (χ1n) is 8.76. The quantitative estimate of drug-likeness (QED) is 0.594. The second-order valence-electron chi connectivity index (χ2n) is 6.35. The number of fused-ring (bicyclic) bond motifs is 1. The van der Waals surface area contributed by atoms with Gasteiger partial charge in [0, 0.05) is 5.56 Å². The van der Waals surface area contributed by atoms with Crippen molar-refractivity contribution in [2.45, 2.75) is 20.5 Å². The third kappa shape index (κ3) is 4.87. The highest BCUT2D eigenvalue weighted by atomic mass is 19.3. The van der Waals surface area contributed by atoms with E-state index in [1.807, 2.05) is 0 Å². The third-order valence-electron chi connectivity index (χ3n) is 4.20. The first-order valence-corrected chi connectivity index (χ1v) is 8.76. The number of ether oxygens (including phenoxy) is 2. The molecule has 0 saturated heterocycles. The maximum atomic E-state index is 12.6. The minimum atomic E-state index is -2.98. The summed E-state index contributed by atoms with van der Waals surface area (Å²) in [6.45, 7) is -0.0498. The molecule has 1 aliphatic heterocycles. The Balaban J connectivity index is 1.73. The summed E-state index contributed by atoms with van der Waals surface area (Å²) in [6.07, 6.45) is 0. The van der Waals surface area contributed by atoms with Crippen LogP contribution in [0.5, 0.6) is 11.5 Å². The molecule has 1 N–H and O–H groups in total. The van der Waals surface area contributed by atoms with Gasteiger partial charge >= 0.3 is 6.61 Å². The number of alkyl halides is 2. The van der Waals surface area contributed by atoms with E-state index in [1.165, 1.54) is 11.0 Å². The molecule has 0 bridgehead atoms. The fraction of sp³-hybridized carbons (Fsp3) is 0.250. The zero-order valence-corrected chi connectivity index (χ0v) is 15.8. The molecule has 0 fully saturated rings. The molecule has 29 heavy (non-hydrogen) atoms. The van der Waals surface area contributed by atoms with Gasteiger partial charge in [-0.1, -0.05) is 23.8 Å². The van der Waals surface area contributed by atoms with Crippen molar-refractivity contribution >= 4 is 23.2 Å². The molecule has 3 rings (SSSR count). The summed E-state index contributed by atoms with van der Waals surface area (Å²) >= 11 is 0. The topological polar surface area (TPSA) is 80.2 Å². The Labute approximate surface area is 165 Å². The van der Waals surface area contributed by atoms with Crippen molar-refractivity contribution < 1.29 is 27.8 Å². The summed E-state index contributed by atoms with van der Waals surface area (Å²) in [5, 5.41) is 3.97. The van der Waals surface area contributed by atoms with Gasteiger partial charge in [0.1, 0.15) is 18.0 Å². The van der Waals surface area contributed by atoms with E-state index in [0.29, 0.717) is 17.0 Å². The van der Waals surface area contributed by atoms with Crippen LogP contribution in [0, 0.1) is 6.92 Å². The lowest BCUT2D eigenvalue weighted by Crippen LogP contribution is -2.44. The molecule has 2 aromatic rings. The van der Waals surface area contributed by atoms with E-state index in [1.54, 1.807) is 50.2 Å². The van der Waals surface area contributed by atoms with E-state index < -0.39 is 12.5 Å². The highest BCUT2D eigenvalue weighted by molar-refractivity contribution is 6.04. The Morgan fingerprint density at radius 1 is 1.31 bits per heavy atom. The summed E-state index contributed by atoms with van der Waals surface area (Å²) in [7, 11) is 0. The minimum absolute atomic E-state index is 0.0432. The van der Waals surface area contributed by atoms with E-state index in [0.717, 1.165) is 5.56 Å². The van der Waals surface area contributed by atoms with Gasteiger partial charge in [0.2, 0.25) is 0 Å². The van der Waals surface area contributed by atoms with Crippen molar-refractivity contribution in [3.05, 3.63) is 53.6 Å². The Morgan fingerprint density at radius 3 is 2.83 bits per heavy atom. The van der Waals surface area contributed by atoms with Gasteiger partial charge in [-0.3, -0.25) is 14.5 Å². The number of benzene rings is 2. The molecule has 0 spiro atoms. The number of carbonyl (C=O) groups is 2. The van der Waals surface area contributed by atoms with Crippen LogP contribution in [0.2, 0.25) is 0 Å². The van der Waals surface area contributed by atoms with E-state index >= 15 is 0 Å². The van der Waals surface area contributed by atoms with Gasteiger partial charge < -0.3 is 9.47 Å². The van der Waals surface area contributed by atoms with E-state index in [4.69, 9.17) is 4.74 Å². The molecule has 1 aliphatic rings. The number of hydrogen-bond acceptors (Lipinski definition) is 5. The summed E-state index contributed by atoms with van der Waals surface area (Å²) in [6, 6.07) is 11.6. The molecule has 0 unspecified atom stereocenters. The second-order valence-corrected chi connectivity index (χ2v) is 6.35. The largest absolute Gasteiger partial charge is 0.482 e. The summed E-state index contributed by atoms with van der Waals surface area (Å²) in [5.74, 6) is -0.434. The molecule has 2 aromatic carbocycles. The van der Waals surface area contributed by atoms with Crippen LogP contribution in [0.15, 0.2) is 47.6 Å². The first kappa shape index (κ1) is 20.2. The van der Waals surface area contributed by atoms with Gasteiger partial charge in [0.15, 0.2) is 6.61 Å². The van der Waals surface area contributed by atoms with Gasteiger partial charge in [0.05, 0.1) is 11.4 Å². The lowest BCUT2D eigenvalue weighted by molar-refractivity contribution is -0.125. The minimum Gasteiger partial charge on any atom is -0.482 e. The predicted octanol–water partition coefficient (Wildman–Crippen LogP) is 2.86. The SMILES string of the molecule is C/C(=N/NC(=O)CN1C(=O)COc2ccccc21)c1cc(C)ccc1OC(F)F. The Kier molecular flexibility index (Phi) is 6.06. The molecule has 0 saturated carbocycles. The number of para-hydroxylation sites is 2. The van der Waals surface area contributed by atoms with E-state index in [-0.39, 0.29) is 30.5 Å². The number of hydrazone groups is 1. The van der Waals surface area contributed by atoms with E-state index in [2.05, 4.69) is 15.3 Å². The fourth-order valence-corrected chi connectivity index (χ4v) is 2.84. The lowest BCUT2D eigenvalue weighted by atomic mass is 10.1. The van der Waals surface area contributed by atoms with Crippen molar-refractivity contribution in [3.63, 3.8) is 0 Å². The van der Waals surface area contributed by atoms with Crippen LogP contribution in [0.25, 0.3) is 0 Å². The van der Waals surface area contributed by atoms with Crippen molar-refractivity contribution in [1.29, 1.82) is 0 Å². The molecular formula is C20H19F2N3O4. The standard InChI is InChI=1S/C20H19F2N3O4/c1-12-7-8-16(29-20(21)22)14(9-12)13(2)23-24-18(26)10-25-15-5-3-4-6-17(15)28-11-19(25)27/h3-9,20H,10-11H2,1-2H3,(H,24,26)/b23-13-. The fourth-order valence-electron chi connectivity index (χ4n) is 2.84. The number of rotatable bonds is 6. The zero-order valence-electron chi connectivity index (χ0n) is 15.8. The average Bonchev–Trinajstić information content (AvgIpc) is 2.69. The molecule has 152 valence electrons. The summed E-state index contributed by atoms with van der Waals surface area (Å²) in [5.41, 5.74) is 4.28. The summed E-state index contributed by atoms with van der Waals surface area (Å²) < 4.78 is 35.1. The van der Waals surface area contributed by atoms with Gasteiger partial charge in [0.25, 0.3) is 11.8 Å². The first-order chi connectivity index (χ1) is 13.8. The number of carbonyl (C=O) groups excluding carboxylic acids is 2. The van der Waals surface area contributed by atoms with Crippen molar-refractivity contribution in [2.24, 2.45) is 5.10 Å². The molecule has 0 aromatic heterocycles. The van der Waals surface area contributed by atoms with Crippen LogP contribution < -0.4 is 19.8 Å². The summed E-state index contributed by atoms with van der Waals surface area (Å²) in [4.78, 5) is 25.8. The molecule has 2 amide bonds. The number of amides is 2. The molecular weight excluding hydrogens is 384 g/mol. The Morgan fingerprint density at radius 2 is 2.07 bits per heavy atom. The van der Waals surface area contributed by atoms with Crippen LogP contribution in [0.1, 0.15) is 18.1 Å². The molecule has 7 nitrogen and oxygen atoms in total. The van der Waals surface area contributed by atoms with Crippen molar-refractivity contribution in [2.75, 3.05) is 18.1 Å². The highest BCUT2D eigenvalue weighted by Gasteiger charge is 2.26. The van der Waals surface area contributed by atoms with Crippen LogP contribution in [-0.2, 0) is 9.59 Å². The van der Waals surface area contributed by atoms with Crippen molar-refractivity contribution in [3.8, 4) is 11.5 Å². The molecule has 9 heteroatoms. The Hall–Kier alpha value is -3.49.